The number of aldehydes is 1. The van der Waals surface area contributed by atoms with E-state index in [9.17, 15) is 4.79 Å². The van der Waals surface area contributed by atoms with Crippen LogP contribution in [0, 0.1) is 0 Å². The zero-order chi connectivity index (χ0) is 16.1. The standard InChI is InChI=1S/C17H14N2O4/c1-21-14-7-4-6-12(9-14)17-18-16(23-19-17)11-22-15-8-3-2-5-13(15)10-20/h2-10H,11H2,1H3. The van der Waals surface area contributed by atoms with Gasteiger partial charge in [0.2, 0.25) is 5.82 Å². The third-order valence-corrected chi connectivity index (χ3v) is 3.19. The number of rotatable bonds is 6. The summed E-state index contributed by atoms with van der Waals surface area (Å²) in [6, 6.07) is 14.3. The molecule has 1 heterocycles. The fourth-order valence-corrected chi connectivity index (χ4v) is 2.04. The molecule has 0 N–H and O–H groups in total. The summed E-state index contributed by atoms with van der Waals surface area (Å²) in [6.07, 6.45) is 0.741. The Morgan fingerprint density at radius 2 is 2.04 bits per heavy atom. The Morgan fingerprint density at radius 3 is 2.87 bits per heavy atom. The SMILES string of the molecule is COc1cccc(-c2noc(COc3ccccc3C=O)n2)c1. The highest BCUT2D eigenvalue weighted by atomic mass is 16.5. The van der Waals surface area contributed by atoms with E-state index in [0.29, 0.717) is 28.8 Å². The molecule has 116 valence electrons. The predicted octanol–water partition coefficient (Wildman–Crippen LogP) is 3.14. The third kappa shape index (κ3) is 3.37. The van der Waals surface area contributed by atoms with Crippen molar-refractivity contribution in [2.24, 2.45) is 0 Å². The number of nitrogens with zero attached hydrogens (tertiary/aromatic N) is 2. The van der Waals surface area contributed by atoms with Crippen LogP contribution in [0.1, 0.15) is 16.2 Å². The highest BCUT2D eigenvalue weighted by Crippen LogP contribution is 2.22. The number of ether oxygens (including phenoxy) is 2. The zero-order valence-corrected chi connectivity index (χ0v) is 12.4. The smallest absolute Gasteiger partial charge is 0.264 e. The molecule has 0 bridgehead atoms. The number of aromatic nitrogens is 2. The van der Waals surface area contributed by atoms with Gasteiger partial charge in [0, 0.05) is 5.56 Å². The maximum absolute atomic E-state index is 10.9. The molecule has 0 fully saturated rings. The summed E-state index contributed by atoms with van der Waals surface area (Å²) in [5.74, 6) is 1.96. The van der Waals surface area contributed by atoms with E-state index >= 15 is 0 Å². The number of hydrogen-bond acceptors (Lipinski definition) is 6. The van der Waals surface area contributed by atoms with Crippen LogP contribution >= 0.6 is 0 Å². The van der Waals surface area contributed by atoms with Crippen LogP contribution in [0.25, 0.3) is 11.4 Å². The maximum atomic E-state index is 10.9. The van der Waals surface area contributed by atoms with Gasteiger partial charge >= 0.3 is 0 Å². The quantitative estimate of drug-likeness (QED) is 0.651. The lowest BCUT2D eigenvalue weighted by Crippen LogP contribution is -1.98. The van der Waals surface area contributed by atoms with Crippen LogP contribution in [0.5, 0.6) is 11.5 Å². The van der Waals surface area contributed by atoms with Crippen molar-refractivity contribution in [3.63, 3.8) is 0 Å². The zero-order valence-electron chi connectivity index (χ0n) is 12.4. The second-order valence-electron chi connectivity index (χ2n) is 4.69. The molecular weight excluding hydrogens is 296 g/mol. The molecule has 0 unspecified atom stereocenters. The molecule has 0 aliphatic carbocycles. The van der Waals surface area contributed by atoms with Gasteiger partial charge in [-0.05, 0) is 24.3 Å². The van der Waals surface area contributed by atoms with Gasteiger partial charge in [-0.1, -0.05) is 29.4 Å². The van der Waals surface area contributed by atoms with E-state index in [2.05, 4.69) is 10.1 Å². The molecule has 0 radical (unpaired) electrons. The Hall–Kier alpha value is -3.15. The van der Waals surface area contributed by atoms with Crippen LogP contribution in [0.3, 0.4) is 0 Å². The number of carbonyl (C=O) groups is 1. The Balaban J connectivity index is 1.73. The molecule has 23 heavy (non-hydrogen) atoms. The van der Waals surface area contributed by atoms with Crippen LogP contribution in [0.4, 0.5) is 0 Å². The minimum atomic E-state index is 0.0851. The van der Waals surface area contributed by atoms with E-state index in [1.807, 2.05) is 24.3 Å². The molecule has 2 aromatic carbocycles. The minimum absolute atomic E-state index is 0.0851. The van der Waals surface area contributed by atoms with Gasteiger partial charge in [0.15, 0.2) is 12.9 Å². The van der Waals surface area contributed by atoms with Crippen LogP contribution in [-0.4, -0.2) is 23.5 Å². The van der Waals surface area contributed by atoms with Gasteiger partial charge in [-0.25, -0.2) is 0 Å². The van der Waals surface area contributed by atoms with Crippen molar-refractivity contribution in [1.29, 1.82) is 0 Å². The Labute approximate surface area is 132 Å². The van der Waals surface area contributed by atoms with Crippen LogP contribution in [0.15, 0.2) is 53.1 Å². The van der Waals surface area contributed by atoms with Crippen molar-refractivity contribution in [2.45, 2.75) is 6.61 Å². The van der Waals surface area contributed by atoms with Crippen molar-refractivity contribution < 1.29 is 18.8 Å². The van der Waals surface area contributed by atoms with E-state index in [-0.39, 0.29) is 6.61 Å². The normalized spacial score (nSPS) is 10.3. The van der Waals surface area contributed by atoms with Crippen LogP contribution in [-0.2, 0) is 6.61 Å². The van der Waals surface area contributed by atoms with Crippen molar-refractivity contribution in [1.82, 2.24) is 10.1 Å². The van der Waals surface area contributed by atoms with Gasteiger partial charge in [0.25, 0.3) is 5.89 Å². The molecule has 0 amide bonds. The molecular formula is C17H14N2O4. The molecule has 0 atom stereocenters. The summed E-state index contributed by atoms with van der Waals surface area (Å²) in [5, 5.41) is 3.93. The van der Waals surface area contributed by atoms with Crippen molar-refractivity contribution in [3.05, 3.63) is 60.0 Å². The van der Waals surface area contributed by atoms with E-state index in [1.165, 1.54) is 0 Å². The summed E-state index contributed by atoms with van der Waals surface area (Å²) in [5.41, 5.74) is 1.26. The second-order valence-corrected chi connectivity index (χ2v) is 4.69. The number of carbonyl (C=O) groups excluding carboxylic acids is 1. The maximum Gasteiger partial charge on any atom is 0.264 e. The molecule has 3 aromatic rings. The van der Waals surface area contributed by atoms with E-state index in [1.54, 1.807) is 31.4 Å². The highest BCUT2D eigenvalue weighted by Gasteiger charge is 2.11. The Bertz CT molecular complexity index is 814. The number of para-hydroxylation sites is 1. The van der Waals surface area contributed by atoms with Crippen molar-refractivity contribution in [3.8, 4) is 22.9 Å². The molecule has 0 aliphatic rings. The van der Waals surface area contributed by atoms with Gasteiger partial charge in [-0.2, -0.15) is 4.98 Å². The molecule has 1 aromatic heterocycles. The Morgan fingerprint density at radius 1 is 1.17 bits per heavy atom. The third-order valence-electron chi connectivity index (χ3n) is 3.19. The van der Waals surface area contributed by atoms with Gasteiger partial charge < -0.3 is 14.0 Å². The first-order valence-electron chi connectivity index (χ1n) is 6.94. The molecule has 0 aliphatic heterocycles. The molecule has 3 rings (SSSR count). The van der Waals surface area contributed by atoms with Gasteiger partial charge in [-0.15, -0.1) is 0 Å². The monoisotopic (exact) mass is 310 g/mol. The summed E-state index contributed by atoms with van der Waals surface area (Å²) < 4.78 is 15.9. The summed E-state index contributed by atoms with van der Waals surface area (Å²) >= 11 is 0. The summed E-state index contributed by atoms with van der Waals surface area (Å²) in [7, 11) is 1.60. The van der Waals surface area contributed by atoms with Gasteiger partial charge in [-0.3, -0.25) is 4.79 Å². The lowest BCUT2D eigenvalue weighted by molar-refractivity contribution is 0.111. The van der Waals surface area contributed by atoms with E-state index in [4.69, 9.17) is 14.0 Å². The van der Waals surface area contributed by atoms with Crippen molar-refractivity contribution >= 4 is 6.29 Å². The fourth-order valence-electron chi connectivity index (χ4n) is 2.04. The van der Waals surface area contributed by atoms with Crippen LogP contribution in [0.2, 0.25) is 0 Å². The fraction of sp³-hybridized carbons (Fsp3) is 0.118. The highest BCUT2D eigenvalue weighted by molar-refractivity contribution is 5.79. The average molecular weight is 310 g/mol. The molecule has 6 heteroatoms. The molecule has 0 saturated heterocycles. The number of hydrogen-bond donors (Lipinski definition) is 0. The first-order chi connectivity index (χ1) is 11.3. The van der Waals surface area contributed by atoms with E-state index < -0.39 is 0 Å². The lowest BCUT2D eigenvalue weighted by atomic mass is 10.2. The largest absolute Gasteiger partial charge is 0.497 e. The predicted molar refractivity (Wildman–Crippen MR) is 82.4 cm³/mol. The Kier molecular flexibility index (Phi) is 4.33. The van der Waals surface area contributed by atoms with Gasteiger partial charge in [0.1, 0.15) is 11.5 Å². The molecule has 6 nitrogen and oxygen atoms in total. The van der Waals surface area contributed by atoms with Gasteiger partial charge in [0.05, 0.1) is 12.7 Å². The summed E-state index contributed by atoms with van der Waals surface area (Å²) in [4.78, 5) is 15.2. The average Bonchev–Trinajstić information content (AvgIpc) is 3.09. The second kappa shape index (κ2) is 6.74. The van der Waals surface area contributed by atoms with E-state index in [0.717, 1.165) is 11.8 Å². The molecule has 0 spiro atoms. The number of methoxy groups -OCH3 is 1. The molecule has 0 saturated carbocycles. The van der Waals surface area contributed by atoms with Crippen LogP contribution < -0.4 is 9.47 Å². The van der Waals surface area contributed by atoms with Crippen molar-refractivity contribution in [2.75, 3.05) is 7.11 Å². The first kappa shape index (κ1) is 14.8. The first-order valence-corrected chi connectivity index (χ1v) is 6.94. The summed E-state index contributed by atoms with van der Waals surface area (Å²) in [6.45, 7) is 0.0851. The minimum Gasteiger partial charge on any atom is -0.497 e. The topological polar surface area (TPSA) is 74.5 Å². The lowest BCUT2D eigenvalue weighted by Gasteiger charge is -2.04. The number of benzene rings is 2.